The van der Waals surface area contributed by atoms with E-state index < -0.39 is 4.92 Å². The van der Waals surface area contributed by atoms with Gasteiger partial charge in [-0.05, 0) is 49.2 Å². The summed E-state index contributed by atoms with van der Waals surface area (Å²) < 4.78 is 0. The minimum Gasteiger partial charge on any atom is -0.310 e. The van der Waals surface area contributed by atoms with Gasteiger partial charge in [-0.25, -0.2) is 0 Å². The van der Waals surface area contributed by atoms with E-state index in [0.717, 1.165) is 19.3 Å². The highest BCUT2D eigenvalue weighted by atomic mass is 16.6. The lowest BCUT2D eigenvalue weighted by atomic mass is 10.1. The van der Waals surface area contributed by atoms with Crippen LogP contribution in [-0.2, 0) is 4.79 Å². The summed E-state index contributed by atoms with van der Waals surface area (Å²) in [5, 5.41) is 11.0. The predicted molar refractivity (Wildman–Crippen MR) is 148 cm³/mol. The summed E-state index contributed by atoms with van der Waals surface area (Å²) in [5.74, 6) is -0.914. The van der Waals surface area contributed by atoms with Crippen molar-refractivity contribution in [2.45, 2.75) is 32.1 Å². The van der Waals surface area contributed by atoms with Gasteiger partial charge in [-0.1, -0.05) is 37.1 Å². The van der Waals surface area contributed by atoms with Gasteiger partial charge in [-0.2, -0.15) is 0 Å². The Bertz CT molecular complexity index is 1450. The number of imide groups is 1. The number of nitrogens with zero attached hydrogens (tertiary/aromatic N) is 4. The lowest BCUT2D eigenvalue weighted by Gasteiger charge is -2.25. The number of hydrogen-bond acceptors (Lipinski definition) is 6. The Hall–Kier alpha value is -4.86. The van der Waals surface area contributed by atoms with Gasteiger partial charge < -0.3 is 9.80 Å². The maximum Gasteiger partial charge on any atom is 0.269 e. The van der Waals surface area contributed by atoms with Gasteiger partial charge in [0.25, 0.3) is 23.4 Å². The number of anilines is 2. The van der Waals surface area contributed by atoms with Crippen LogP contribution in [-0.4, -0.2) is 53.1 Å². The van der Waals surface area contributed by atoms with Gasteiger partial charge >= 0.3 is 0 Å². The lowest BCUT2D eigenvalue weighted by molar-refractivity contribution is -0.384. The van der Waals surface area contributed by atoms with E-state index in [4.69, 9.17) is 0 Å². The Morgan fingerprint density at radius 2 is 1.27 bits per heavy atom. The molecule has 3 aromatic carbocycles. The molecule has 0 saturated heterocycles. The number of nitro benzene ring substituents is 1. The van der Waals surface area contributed by atoms with Gasteiger partial charge in [0, 0.05) is 43.8 Å². The molecule has 3 aromatic rings. The van der Waals surface area contributed by atoms with E-state index in [2.05, 4.69) is 0 Å². The molecular formula is C30H28N4O6. The highest BCUT2D eigenvalue weighted by Gasteiger charge is 2.34. The van der Waals surface area contributed by atoms with Gasteiger partial charge in [-0.15, -0.1) is 0 Å². The fraction of sp³-hybridized carbons (Fsp3) is 0.267. The third kappa shape index (κ3) is 5.20. The summed E-state index contributed by atoms with van der Waals surface area (Å²) in [6, 6.07) is 19.5. The van der Waals surface area contributed by atoms with Crippen molar-refractivity contribution in [2.24, 2.45) is 0 Å². The second-order valence-corrected chi connectivity index (χ2v) is 9.77. The second-order valence-electron chi connectivity index (χ2n) is 9.77. The Kier molecular flexibility index (Phi) is 7.68. The lowest BCUT2D eigenvalue weighted by Crippen LogP contribution is -2.32. The Labute approximate surface area is 230 Å². The van der Waals surface area contributed by atoms with Gasteiger partial charge in [0.2, 0.25) is 5.91 Å². The summed E-state index contributed by atoms with van der Waals surface area (Å²) in [6.45, 7) is 1.03. The standard InChI is InChI=1S/C30H28N4O6/c35-27-17-20-32(28(36)21-13-15-22(16-14-21)34(39)40)26-12-6-5-11-25(26)31(27)18-7-1-2-8-19-33-29(37)23-9-3-4-10-24(23)30(33)38/h3-6,9-16H,1-2,7-8,17-20H2. The quantitative estimate of drug-likeness (QED) is 0.166. The molecule has 0 bridgehead atoms. The van der Waals surface area contributed by atoms with Crippen LogP contribution in [0.3, 0.4) is 0 Å². The number of para-hydroxylation sites is 2. The number of hydrogen-bond donors (Lipinski definition) is 0. The molecular weight excluding hydrogens is 512 g/mol. The fourth-order valence-electron chi connectivity index (χ4n) is 5.19. The third-order valence-corrected chi connectivity index (χ3v) is 7.28. The molecule has 0 spiro atoms. The molecule has 4 amide bonds. The SMILES string of the molecule is O=C1c2ccccc2C(=O)N1CCCCCCN1C(=O)CCN(C(=O)c2ccc([N+](=O)[O-])cc2)c2ccccc21. The Morgan fingerprint density at radius 1 is 0.725 bits per heavy atom. The zero-order valence-corrected chi connectivity index (χ0v) is 21.8. The number of amides is 4. The number of unbranched alkanes of at least 4 members (excludes halogenated alkanes) is 3. The van der Waals surface area contributed by atoms with Gasteiger partial charge in [-0.3, -0.25) is 34.2 Å². The number of non-ortho nitro benzene ring substituents is 1. The molecule has 0 radical (unpaired) electrons. The largest absolute Gasteiger partial charge is 0.310 e. The van der Waals surface area contributed by atoms with Crippen LogP contribution >= 0.6 is 0 Å². The highest BCUT2D eigenvalue weighted by molar-refractivity contribution is 6.21. The Balaban J connectivity index is 1.19. The van der Waals surface area contributed by atoms with Crippen LogP contribution in [0.4, 0.5) is 17.1 Å². The number of rotatable bonds is 9. The number of fused-ring (bicyclic) bond motifs is 2. The van der Waals surface area contributed by atoms with Gasteiger partial charge in [0.15, 0.2) is 0 Å². The molecule has 2 aliphatic rings. The number of carbonyl (C=O) groups is 4. The first-order valence-corrected chi connectivity index (χ1v) is 13.3. The van der Waals surface area contributed by atoms with Crippen molar-refractivity contribution in [3.05, 3.63) is 99.6 Å². The van der Waals surface area contributed by atoms with E-state index in [0.29, 0.717) is 47.6 Å². The summed E-state index contributed by atoms with van der Waals surface area (Å²) in [4.78, 5) is 66.5. The molecule has 0 N–H and O–H groups in total. The van der Waals surface area contributed by atoms with Crippen LogP contribution < -0.4 is 9.80 Å². The summed E-state index contributed by atoms with van der Waals surface area (Å²) in [5.41, 5.74) is 2.37. The van der Waals surface area contributed by atoms with E-state index in [1.807, 2.05) is 18.2 Å². The van der Waals surface area contributed by atoms with Crippen molar-refractivity contribution in [2.75, 3.05) is 29.4 Å². The van der Waals surface area contributed by atoms with Crippen LogP contribution in [0, 0.1) is 10.1 Å². The molecule has 10 heteroatoms. The monoisotopic (exact) mass is 540 g/mol. The molecule has 0 fully saturated rings. The summed E-state index contributed by atoms with van der Waals surface area (Å²) in [6.07, 6.45) is 3.14. The third-order valence-electron chi connectivity index (χ3n) is 7.28. The van der Waals surface area contributed by atoms with Crippen molar-refractivity contribution in [3.8, 4) is 0 Å². The molecule has 2 aliphatic heterocycles. The highest BCUT2D eigenvalue weighted by Crippen LogP contribution is 2.34. The minimum atomic E-state index is -0.517. The van der Waals surface area contributed by atoms with E-state index in [-0.39, 0.29) is 42.3 Å². The smallest absolute Gasteiger partial charge is 0.269 e. The first-order valence-electron chi connectivity index (χ1n) is 13.3. The average molecular weight is 541 g/mol. The molecule has 0 unspecified atom stereocenters. The number of nitro groups is 1. The van der Waals surface area contributed by atoms with Crippen molar-refractivity contribution in [1.82, 2.24) is 4.90 Å². The fourth-order valence-corrected chi connectivity index (χ4v) is 5.19. The van der Waals surface area contributed by atoms with Crippen LogP contribution in [0.1, 0.15) is 63.2 Å². The molecule has 5 rings (SSSR count). The predicted octanol–water partition coefficient (Wildman–Crippen LogP) is 4.83. The van der Waals surface area contributed by atoms with Crippen molar-refractivity contribution < 1.29 is 24.1 Å². The number of benzene rings is 3. The molecule has 10 nitrogen and oxygen atoms in total. The van der Waals surface area contributed by atoms with Crippen molar-refractivity contribution in [3.63, 3.8) is 0 Å². The molecule has 204 valence electrons. The minimum absolute atomic E-state index is 0.0857. The average Bonchev–Trinajstić information content (AvgIpc) is 3.12. The van der Waals surface area contributed by atoms with Crippen LogP contribution in [0.2, 0.25) is 0 Å². The molecule has 40 heavy (non-hydrogen) atoms. The zero-order chi connectivity index (χ0) is 28.2. The first-order chi connectivity index (χ1) is 19.4. The molecule has 0 aromatic heterocycles. The number of carbonyl (C=O) groups excluding carboxylic acids is 4. The first kappa shape index (κ1) is 26.7. The topological polar surface area (TPSA) is 121 Å². The maximum absolute atomic E-state index is 13.3. The maximum atomic E-state index is 13.3. The molecule has 0 atom stereocenters. The normalized spacial score (nSPS) is 14.7. The van der Waals surface area contributed by atoms with Gasteiger partial charge in [0.1, 0.15) is 0 Å². The Morgan fingerprint density at radius 3 is 1.88 bits per heavy atom. The van der Waals surface area contributed by atoms with E-state index in [9.17, 15) is 29.3 Å². The van der Waals surface area contributed by atoms with Crippen molar-refractivity contribution in [1.29, 1.82) is 0 Å². The molecule has 0 aliphatic carbocycles. The van der Waals surface area contributed by atoms with Crippen LogP contribution in [0.15, 0.2) is 72.8 Å². The zero-order valence-electron chi connectivity index (χ0n) is 21.8. The summed E-state index contributed by atoms with van der Waals surface area (Å²) >= 11 is 0. The van der Waals surface area contributed by atoms with Gasteiger partial charge in [0.05, 0.1) is 27.4 Å². The van der Waals surface area contributed by atoms with E-state index in [1.165, 1.54) is 29.2 Å². The van der Waals surface area contributed by atoms with Crippen molar-refractivity contribution >= 4 is 40.7 Å². The van der Waals surface area contributed by atoms with Crippen LogP contribution in [0.5, 0.6) is 0 Å². The second kappa shape index (κ2) is 11.5. The van der Waals surface area contributed by atoms with Crippen LogP contribution in [0.25, 0.3) is 0 Å². The van der Waals surface area contributed by atoms with E-state index in [1.54, 1.807) is 40.1 Å². The van der Waals surface area contributed by atoms with E-state index >= 15 is 0 Å². The molecule has 2 heterocycles. The molecule has 0 saturated carbocycles. The summed E-state index contributed by atoms with van der Waals surface area (Å²) in [7, 11) is 0.